The van der Waals surface area contributed by atoms with Crippen LogP contribution in [-0.4, -0.2) is 44.7 Å². The molecule has 0 amide bonds. The van der Waals surface area contributed by atoms with E-state index in [1.807, 2.05) is 13.8 Å². The van der Waals surface area contributed by atoms with E-state index in [0.29, 0.717) is 24.5 Å². The molecule has 1 N–H and O–H groups in total. The number of methoxy groups -OCH3 is 1. The Hall–Kier alpha value is -1.76. The van der Waals surface area contributed by atoms with Gasteiger partial charge in [0, 0.05) is 13.2 Å². The summed E-state index contributed by atoms with van der Waals surface area (Å²) < 4.78 is 6.73. The summed E-state index contributed by atoms with van der Waals surface area (Å²) in [6.07, 6.45) is 1.51. The maximum Gasteiger partial charge on any atom is 0.183 e. The van der Waals surface area contributed by atoms with Crippen LogP contribution in [0.5, 0.6) is 0 Å². The van der Waals surface area contributed by atoms with Gasteiger partial charge in [-0.1, -0.05) is 5.21 Å². The molecule has 7 heteroatoms. The van der Waals surface area contributed by atoms with Crippen molar-refractivity contribution in [1.29, 1.82) is 0 Å². The highest BCUT2D eigenvalue weighted by atomic mass is 16.5. The molecule has 0 aliphatic carbocycles. The van der Waals surface area contributed by atoms with Crippen molar-refractivity contribution in [2.24, 2.45) is 0 Å². The smallest absolute Gasteiger partial charge is 0.183 e. The third-order valence-corrected chi connectivity index (χ3v) is 2.23. The zero-order valence-corrected chi connectivity index (χ0v) is 10.2. The Labute approximate surface area is 99.2 Å². The molecule has 2 rings (SSSR count). The lowest BCUT2D eigenvalue weighted by Crippen LogP contribution is -2.12. The summed E-state index contributed by atoms with van der Waals surface area (Å²) in [5.41, 5.74) is 1.41. The number of ether oxygens (including phenoxy) is 1. The number of anilines is 1. The fourth-order valence-electron chi connectivity index (χ4n) is 1.50. The lowest BCUT2D eigenvalue weighted by molar-refractivity contribution is 0.184. The Bertz CT molecular complexity index is 495. The summed E-state index contributed by atoms with van der Waals surface area (Å²) >= 11 is 0. The molecule has 0 saturated heterocycles. The number of hydrogen-bond donors (Lipinski definition) is 1. The Kier molecular flexibility index (Phi) is 3.48. The summed E-state index contributed by atoms with van der Waals surface area (Å²) in [7, 11) is 1.65. The maximum absolute atomic E-state index is 5.01. The zero-order chi connectivity index (χ0) is 12.3. The van der Waals surface area contributed by atoms with Gasteiger partial charge >= 0.3 is 0 Å². The van der Waals surface area contributed by atoms with Gasteiger partial charge in [-0.2, -0.15) is 0 Å². The quantitative estimate of drug-likeness (QED) is 0.822. The summed E-state index contributed by atoms with van der Waals surface area (Å²) in [5, 5.41) is 11.4. The van der Waals surface area contributed by atoms with E-state index in [2.05, 4.69) is 25.6 Å². The molecule has 0 atom stereocenters. The van der Waals surface area contributed by atoms with E-state index in [1.54, 1.807) is 11.8 Å². The molecule has 17 heavy (non-hydrogen) atoms. The zero-order valence-electron chi connectivity index (χ0n) is 10.2. The Morgan fingerprint density at radius 3 is 2.94 bits per heavy atom. The largest absolute Gasteiger partial charge is 0.383 e. The van der Waals surface area contributed by atoms with Crippen LogP contribution in [0.2, 0.25) is 0 Å². The van der Waals surface area contributed by atoms with Gasteiger partial charge in [-0.15, -0.1) is 5.10 Å². The fourth-order valence-corrected chi connectivity index (χ4v) is 1.50. The van der Waals surface area contributed by atoms with Crippen molar-refractivity contribution >= 4 is 17.0 Å². The van der Waals surface area contributed by atoms with E-state index in [0.717, 1.165) is 5.65 Å². The van der Waals surface area contributed by atoms with Crippen LogP contribution in [0, 0.1) is 0 Å². The molecule has 0 spiro atoms. The van der Waals surface area contributed by atoms with E-state index in [1.165, 1.54) is 6.33 Å². The van der Waals surface area contributed by atoms with E-state index in [4.69, 9.17) is 4.74 Å². The highest BCUT2D eigenvalue weighted by molar-refractivity contribution is 5.81. The third-order valence-electron chi connectivity index (χ3n) is 2.23. The van der Waals surface area contributed by atoms with Crippen molar-refractivity contribution in [2.45, 2.75) is 26.4 Å². The first-order chi connectivity index (χ1) is 8.22. The molecule has 0 radical (unpaired) electrons. The first kappa shape index (κ1) is 11.7. The predicted octanol–water partition coefficient (Wildman–Crippen LogP) is 0.688. The van der Waals surface area contributed by atoms with Crippen LogP contribution in [0.3, 0.4) is 0 Å². The fraction of sp³-hybridized carbons (Fsp3) is 0.600. The maximum atomic E-state index is 5.01. The highest BCUT2D eigenvalue weighted by Gasteiger charge is 2.11. The summed E-state index contributed by atoms with van der Waals surface area (Å²) in [6.45, 7) is 5.30. The molecular weight excluding hydrogens is 220 g/mol. The van der Waals surface area contributed by atoms with Crippen LogP contribution in [0.15, 0.2) is 6.33 Å². The lowest BCUT2D eigenvalue weighted by Gasteiger charge is -2.08. The van der Waals surface area contributed by atoms with Crippen LogP contribution >= 0.6 is 0 Å². The van der Waals surface area contributed by atoms with Gasteiger partial charge in [-0.25, -0.2) is 14.6 Å². The van der Waals surface area contributed by atoms with Crippen LogP contribution in [-0.2, 0) is 11.3 Å². The molecule has 0 unspecified atom stereocenters. The monoisotopic (exact) mass is 236 g/mol. The third kappa shape index (κ3) is 2.50. The molecule has 0 aliphatic rings. The molecule has 2 aromatic rings. The van der Waals surface area contributed by atoms with Gasteiger partial charge in [-0.3, -0.25) is 0 Å². The molecule has 0 fully saturated rings. The van der Waals surface area contributed by atoms with E-state index < -0.39 is 0 Å². The van der Waals surface area contributed by atoms with Crippen molar-refractivity contribution in [1.82, 2.24) is 25.0 Å². The van der Waals surface area contributed by atoms with Crippen LogP contribution in [0.4, 0.5) is 5.82 Å². The molecule has 0 saturated carbocycles. The number of nitrogens with one attached hydrogen (secondary N) is 1. The van der Waals surface area contributed by atoms with Crippen LogP contribution < -0.4 is 5.32 Å². The lowest BCUT2D eigenvalue weighted by atomic mass is 10.4. The molecule has 7 nitrogen and oxygen atoms in total. The molecule has 0 bridgehead atoms. The summed E-state index contributed by atoms with van der Waals surface area (Å²) in [5.74, 6) is 0.716. The number of nitrogens with zero attached hydrogens (tertiary/aromatic N) is 5. The van der Waals surface area contributed by atoms with Gasteiger partial charge < -0.3 is 10.1 Å². The Balaban J connectivity index is 2.35. The van der Waals surface area contributed by atoms with Crippen molar-refractivity contribution in [2.75, 3.05) is 19.0 Å². The molecule has 92 valence electrons. The molecule has 2 heterocycles. The first-order valence-corrected chi connectivity index (χ1v) is 5.52. The second-order valence-corrected chi connectivity index (χ2v) is 4.00. The minimum absolute atomic E-state index is 0.289. The summed E-state index contributed by atoms with van der Waals surface area (Å²) in [6, 6.07) is 0.289. The minimum atomic E-state index is 0.289. The van der Waals surface area contributed by atoms with E-state index >= 15 is 0 Å². The number of aromatic nitrogens is 5. The number of fused-ring (bicyclic) bond motifs is 1. The molecule has 0 aliphatic heterocycles. The van der Waals surface area contributed by atoms with Gasteiger partial charge in [0.05, 0.1) is 13.2 Å². The van der Waals surface area contributed by atoms with Gasteiger partial charge in [-0.05, 0) is 13.8 Å². The standard InChI is InChI=1S/C10H16N6O/c1-7(2)13-9-8-10(12-6-11-9)16(15-14-8)4-5-17-3/h6-7H,4-5H2,1-3H3,(H,11,12,13). The Morgan fingerprint density at radius 1 is 1.41 bits per heavy atom. The van der Waals surface area contributed by atoms with Gasteiger partial charge in [0.1, 0.15) is 6.33 Å². The van der Waals surface area contributed by atoms with E-state index in [-0.39, 0.29) is 6.04 Å². The van der Waals surface area contributed by atoms with Crippen molar-refractivity contribution in [3.05, 3.63) is 6.33 Å². The molecule has 2 aromatic heterocycles. The van der Waals surface area contributed by atoms with Gasteiger partial charge in [0.25, 0.3) is 0 Å². The van der Waals surface area contributed by atoms with Crippen LogP contribution in [0.1, 0.15) is 13.8 Å². The number of rotatable bonds is 5. The summed E-state index contributed by atoms with van der Waals surface area (Å²) in [4.78, 5) is 8.36. The topological polar surface area (TPSA) is 77.8 Å². The SMILES string of the molecule is COCCn1nnc2c(NC(C)C)ncnc21. The number of hydrogen-bond acceptors (Lipinski definition) is 6. The highest BCUT2D eigenvalue weighted by Crippen LogP contribution is 2.16. The predicted molar refractivity (Wildman–Crippen MR) is 63.8 cm³/mol. The average molecular weight is 236 g/mol. The average Bonchev–Trinajstić information content (AvgIpc) is 2.70. The second-order valence-electron chi connectivity index (χ2n) is 4.00. The van der Waals surface area contributed by atoms with E-state index in [9.17, 15) is 0 Å². The Morgan fingerprint density at radius 2 is 2.24 bits per heavy atom. The van der Waals surface area contributed by atoms with Crippen molar-refractivity contribution < 1.29 is 4.74 Å². The first-order valence-electron chi connectivity index (χ1n) is 5.52. The van der Waals surface area contributed by atoms with Crippen molar-refractivity contribution in [3.63, 3.8) is 0 Å². The molecular formula is C10H16N6O. The normalized spacial score (nSPS) is 11.3. The second kappa shape index (κ2) is 5.05. The van der Waals surface area contributed by atoms with Crippen molar-refractivity contribution in [3.8, 4) is 0 Å². The van der Waals surface area contributed by atoms with Crippen LogP contribution in [0.25, 0.3) is 11.2 Å². The molecule has 0 aromatic carbocycles. The minimum Gasteiger partial charge on any atom is -0.383 e. The van der Waals surface area contributed by atoms with Gasteiger partial charge in [0.2, 0.25) is 0 Å². The van der Waals surface area contributed by atoms with Gasteiger partial charge in [0.15, 0.2) is 17.0 Å².